The zero-order chi connectivity index (χ0) is 25.6. The summed E-state index contributed by atoms with van der Waals surface area (Å²) in [4.78, 5) is 27.2. The molecule has 35 heavy (non-hydrogen) atoms. The summed E-state index contributed by atoms with van der Waals surface area (Å²) in [6.07, 6.45) is 3.64. The molecule has 0 atom stereocenters. The number of hydrogen-bond donors (Lipinski definition) is 3. The number of nitrogens with zero attached hydrogens (tertiary/aromatic N) is 1. The maximum Gasteiger partial charge on any atom is 0.274 e. The molecule has 1 aliphatic rings. The minimum absolute atomic E-state index is 0.0447. The summed E-state index contributed by atoms with van der Waals surface area (Å²) < 4.78 is 6.35. The maximum absolute atomic E-state index is 13.4. The normalized spacial score (nSPS) is 13.7. The summed E-state index contributed by atoms with van der Waals surface area (Å²) >= 11 is 0. The average molecular weight is 498 g/mol. The van der Waals surface area contributed by atoms with Crippen molar-refractivity contribution in [1.29, 1.82) is 0 Å². The van der Waals surface area contributed by atoms with E-state index in [9.17, 15) is 9.59 Å². The number of para-hydroxylation sites is 1. The highest BCUT2D eigenvalue weighted by atomic mass is 28.4. The second-order valence-corrected chi connectivity index (χ2v) is 15.4. The second kappa shape index (κ2) is 11.4. The molecule has 0 fully saturated rings. The molecule has 0 heterocycles. The topological polar surface area (TPSA) is 90.9 Å². The second-order valence-electron chi connectivity index (χ2n) is 10.6. The molecule has 0 saturated carbocycles. The van der Waals surface area contributed by atoms with Crippen LogP contribution in [0.2, 0.25) is 18.1 Å². The molecule has 1 aliphatic carbocycles. The summed E-state index contributed by atoms with van der Waals surface area (Å²) in [7, 11) is -1.92. The average Bonchev–Trinajstić information content (AvgIpc) is 2.84. The first-order valence-corrected chi connectivity index (χ1v) is 15.3. The minimum atomic E-state index is -1.92. The molecule has 3 rings (SSSR count). The van der Waals surface area contributed by atoms with Gasteiger partial charge in [0.2, 0.25) is 5.91 Å². The molecule has 3 N–H and O–H groups in total. The van der Waals surface area contributed by atoms with Gasteiger partial charge in [-0.3, -0.25) is 14.8 Å². The lowest BCUT2D eigenvalue weighted by atomic mass is 9.86. The van der Waals surface area contributed by atoms with Crippen molar-refractivity contribution in [3.8, 4) is 0 Å². The maximum atomic E-state index is 13.4. The lowest BCUT2D eigenvalue weighted by Crippen LogP contribution is -2.44. The Bertz CT molecular complexity index is 1030. The van der Waals surface area contributed by atoms with Gasteiger partial charge in [-0.2, -0.15) is 0 Å². The third-order valence-corrected chi connectivity index (χ3v) is 11.8. The van der Waals surface area contributed by atoms with Gasteiger partial charge in [0.05, 0.1) is 13.2 Å². The van der Waals surface area contributed by atoms with Crippen LogP contribution in [-0.2, 0) is 22.1 Å². The Morgan fingerprint density at radius 2 is 1.69 bits per heavy atom. The van der Waals surface area contributed by atoms with Crippen LogP contribution in [0.15, 0.2) is 42.5 Å². The van der Waals surface area contributed by atoms with Crippen LogP contribution in [-0.4, -0.2) is 45.0 Å². The van der Waals surface area contributed by atoms with Crippen LogP contribution < -0.4 is 15.7 Å². The fourth-order valence-corrected chi connectivity index (χ4v) is 5.22. The Hall–Kier alpha value is -2.68. The molecule has 0 saturated heterocycles. The summed E-state index contributed by atoms with van der Waals surface area (Å²) in [5, 5.41) is 12.5. The summed E-state index contributed by atoms with van der Waals surface area (Å²) in [5.74, 6) is -0.542. The van der Waals surface area contributed by atoms with Crippen molar-refractivity contribution in [3.63, 3.8) is 0 Å². The molecule has 190 valence electrons. The van der Waals surface area contributed by atoms with Crippen molar-refractivity contribution in [2.45, 2.75) is 64.6 Å². The summed E-state index contributed by atoms with van der Waals surface area (Å²) in [5.41, 5.74) is 5.95. The van der Waals surface area contributed by atoms with Gasteiger partial charge in [-0.25, -0.2) is 5.48 Å². The van der Waals surface area contributed by atoms with Crippen LogP contribution >= 0.6 is 0 Å². The van der Waals surface area contributed by atoms with E-state index in [0.29, 0.717) is 18.7 Å². The molecule has 2 aromatic carbocycles. The first kappa shape index (κ1) is 26.9. The van der Waals surface area contributed by atoms with Crippen molar-refractivity contribution in [1.82, 2.24) is 5.48 Å². The molecular formula is C27H39N3O4Si. The van der Waals surface area contributed by atoms with E-state index in [1.165, 1.54) is 0 Å². The Morgan fingerprint density at radius 3 is 2.31 bits per heavy atom. The molecule has 0 aliphatic heterocycles. The van der Waals surface area contributed by atoms with Gasteiger partial charge in [-0.1, -0.05) is 39.0 Å². The fraction of sp³-hybridized carbons (Fsp3) is 0.481. The van der Waals surface area contributed by atoms with Crippen LogP contribution in [0.1, 0.15) is 55.1 Å². The largest absolute Gasteiger partial charge is 0.415 e. The smallest absolute Gasteiger partial charge is 0.274 e. The van der Waals surface area contributed by atoms with Crippen LogP contribution in [0.25, 0.3) is 0 Å². The quantitative estimate of drug-likeness (QED) is 0.253. The summed E-state index contributed by atoms with van der Waals surface area (Å²) in [6.45, 7) is 12.1. The number of fused-ring (bicyclic) bond motifs is 1. The Labute approximate surface area is 210 Å². The van der Waals surface area contributed by atoms with Crippen LogP contribution in [0, 0.1) is 0 Å². The number of benzene rings is 2. The third-order valence-electron chi connectivity index (χ3n) is 7.26. The van der Waals surface area contributed by atoms with Gasteiger partial charge in [0.25, 0.3) is 5.91 Å². The Morgan fingerprint density at radius 1 is 1.03 bits per heavy atom. The predicted octanol–water partition coefficient (Wildman–Crippen LogP) is 5.15. The first-order chi connectivity index (χ1) is 16.5. The lowest BCUT2D eigenvalue weighted by Gasteiger charge is -2.37. The standard InChI is InChI=1S/C27H39N3O4Si/c1-27(2,3)35(4,5)34-18-17-30(20-11-7-6-8-12-20)25(31)19-28-24-16-15-23(26(32)29-33)21-13-9-10-14-22(21)24/h6-8,11-12,15-16,28,33H,9-10,13-14,17-19H2,1-5H3,(H,29,32). The van der Waals surface area contributed by atoms with Gasteiger partial charge < -0.3 is 14.6 Å². The minimum Gasteiger partial charge on any atom is -0.415 e. The molecule has 2 amide bonds. The third kappa shape index (κ3) is 6.51. The van der Waals surface area contributed by atoms with E-state index in [-0.39, 0.29) is 17.5 Å². The van der Waals surface area contributed by atoms with E-state index in [4.69, 9.17) is 9.63 Å². The monoisotopic (exact) mass is 497 g/mol. The molecule has 0 unspecified atom stereocenters. The highest BCUT2D eigenvalue weighted by molar-refractivity contribution is 6.74. The lowest BCUT2D eigenvalue weighted by molar-refractivity contribution is -0.117. The predicted molar refractivity (Wildman–Crippen MR) is 143 cm³/mol. The summed E-state index contributed by atoms with van der Waals surface area (Å²) in [6, 6.07) is 13.2. The molecule has 0 radical (unpaired) electrons. The highest BCUT2D eigenvalue weighted by Crippen LogP contribution is 2.36. The SMILES string of the molecule is CC(C)(C)[Si](C)(C)OCCN(C(=O)CNc1ccc(C(=O)NO)c2c1CCCC2)c1ccccc1. The molecule has 8 heteroatoms. The number of nitrogens with one attached hydrogen (secondary N) is 2. The number of carbonyl (C=O) groups excluding carboxylic acids is 2. The van der Waals surface area contributed by atoms with Gasteiger partial charge in [0, 0.05) is 23.5 Å². The Balaban J connectivity index is 1.74. The zero-order valence-corrected chi connectivity index (χ0v) is 22.6. The fourth-order valence-electron chi connectivity index (χ4n) is 4.19. The number of carbonyl (C=O) groups is 2. The van der Waals surface area contributed by atoms with E-state index in [2.05, 4.69) is 39.2 Å². The molecular weight excluding hydrogens is 458 g/mol. The van der Waals surface area contributed by atoms with Crippen molar-refractivity contribution < 1.29 is 19.2 Å². The highest BCUT2D eigenvalue weighted by Gasteiger charge is 2.37. The van der Waals surface area contributed by atoms with Gasteiger partial charge >= 0.3 is 0 Å². The molecule has 0 aromatic heterocycles. The van der Waals surface area contributed by atoms with Crippen LogP contribution in [0.3, 0.4) is 0 Å². The van der Waals surface area contributed by atoms with E-state index in [0.717, 1.165) is 48.2 Å². The van der Waals surface area contributed by atoms with Crippen molar-refractivity contribution in [3.05, 3.63) is 59.2 Å². The van der Waals surface area contributed by atoms with Gasteiger partial charge in [-0.15, -0.1) is 0 Å². The number of hydroxylamine groups is 1. The number of hydrogen-bond acceptors (Lipinski definition) is 5. The number of anilines is 2. The van der Waals surface area contributed by atoms with E-state index in [1.807, 2.05) is 36.4 Å². The van der Waals surface area contributed by atoms with E-state index >= 15 is 0 Å². The van der Waals surface area contributed by atoms with Crippen molar-refractivity contribution in [2.24, 2.45) is 0 Å². The van der Waals surface area contributed by atoms with Gasteiger partial charge in [0.1, 0.15) is 0 Å². The van der Waals surface area contributed by atoms with Gasteiger partial charge in [0.15, 0.2) is 8.32 Å². The molecule has 0 bridgehead atoms. The van der Waals surface area contributed by atoms with Crippen LogP contribution in [0.5, 0.6) is 0 Å². The van der Waals surface area contributed by atoms with Crippen LogP contribution in [0.4, 0.5) is 11.4 Å². The Kier molecular flexibility index (Phi) is 8.74. The number of rotatable bonds is 9. The molecule has 7 nitrogen and oxygen atoms in total. The van der Waals surface area contributed by atoms with Gasteiger partial charge in [-0.05, 0) is 79.2 Å². The first-order valence-electron chi connectivity index (χ1n) is 12.4. The number of amides is 2. The van der Waals surface area contributed by atoms with E-state index < -0.39 is 14.2 Å². The zero-order valence-electron chi connectivity index (χ0n) is 21.6. The van der Waals surface area contributed by atoms with Crippen molar-refractivity contribution >= 4 is 31.5 Å². The molecule has 0 spiro atoms. The van der Waals surface area contributed by atoms with Crippen molar-refractivity contribution in [2.75, 3.05) is 29.9 Å². The molecule has 2 aromatic rings. The van der Waals surface area contributed by atoms with E-state index in [1.54, 1.807) is 16.4 Å².